The number of benzene rings is 2. The van der Waals surface area contributed by atoms with E-state index in [0.717, 1.165) is 16.3 Å². The second-order valence-corrected chi connectivity index (χ2v) is 4.76. The molecule has 0 saturated heterocycles. The van der Waals surface area contributed by atoms with Gasteiger partial charge in [0.05, 0.1) is 6.10 Å². The van der Waals surface area contributed by atoms with E-state index in [2.05, 4.69) is 4.98 Å². The van der Waals surface area contributed by atoms with Crippen molar-refractivity contribution in [2.24, 2.45) is 0 Å². The van der Waals surface area contributed by atoms with Crippen molar-refractivity contribution in [3.05, 3.63) is 77.9 Å². The van der Waals surface area contributed by atoms with Crippen LogP contribution in [0, 0.1) is 5.82 Å². The predicted molar refractivity (Wildman–Crippen MR) is 76.8 cm³/mol. The maximum absolute atomic E-state index is 13.7. The van der Waals surface area contributed by atoms with Gasteiger partial charge in [-0.15, -0.1) is 0 Å². The van der Waals surface area contributed by atoms with E-state index in [4.69, 9.17) is 0 Å². The van der Waals surface area contributed by atoms with Crippen LogP contribution in [0.25, 0.3) is 10.8 Å². The third-order valence-electron chi connectivity index (χ3n) is 3.45. The van der Waals surface area contributed by atoms with E-state index < -0.39 is 6.10 Å². The van der Waals surface area contributed by atoms with E-state index in [9.17, 15) is 9.50 Å². The smallest absolute Gasteiger partial charge is 0.126 e. The first-order chi connectivity index (χ1) is 9.75. The van der Waals surface area contributed by atoms with E-state index in [0.29, 0.717) is 5.56 Å². The minimum Gasteiger partial charge on any atom is -0.388 e. The molecule has 0 amide bonds. The standard InChI is InChI=1S/C17H14FNO/c18-16-7-2-1-4-13(16)10-17(20)14-6-3-5-12-8-9-19-11-15(12)14/h1-9,11,17,20H,10H2. The molecule has 1 heterocycles. The Bertz CT molecular complexity index is 736. The summed E-state index contributed by atoms with van der Waals surface area (Å²) in [4.78, 5) is 4.10. The van der Waals surface area contributed by atoms with Crippen molar-refractivity contribution >= 4 is 10.8 Å². The number of aliphatic hydroxyl groups excluding tert-OH is 1. The van der Waals surface area contributed by atoms with Crippen molar-refractivity contribution in [3.63, 3.8) is 0 Å². The highest BCUT2D eigenvalue weighted by atomic mass is 19.1. The molecule has 3 aromatic rings. The number of nitrogens with zero attached hydrogens (tertiary/aromatic N) is 1. The fourth-order valence-electron chi connectivity index (χ4n) is 2.41. The topological polar surface area (TPSA) is 33.1 Å². The second kappa shape index (κ2) is 5.39. The van der Waals surface area contributed by atoms with Crippen LogP contribution in [0.1, 0.15) is 17.2 Å². The molecule has 0 spiro atoms. The summed E-state index contributed by atoms with van der Waals surface area (Å²) in [7, 11) is 0. The Morgan fingerprint density at radius 3 is 2.75 bits per heavy atom. The molecule has 2 nitrogen and oxygen atoms in total. The summed E-state index contributed by atoms with van der Waals surface area (Å²) >= 11 is 0. The van der Waals surface area contributed by atoms with Crippen molar-refractivity contribution in [1.82, 2.24) is 4.98 Å². The van der Waals surface area contributed by atoms with Crippen molar-refractivity contribution in [2.75, 3.05) is 0 Å². The molecule has 1 aromatic heterocycles. The van der Waals surface area contributed by atoms with Crippen LogP contribution in [-0.2, 0) is 6.42 Å². The van der Waals surface area contributed by atoms with Gasteiger partial charge in [-0.1, -0.05) is 36.4 Å². The largest absolute Gasteiger partial charge is 0.388 e. The first-order valence-corrected chi connectivity index (χ1v) is 6.50. The van der Waals surface area contributed by atoms with Crippen molar-refractivity contribution in [1.29, 1.82) is 0 Å². The van der Waals surface area contributed by atoms with Crippen LogP contribution in [0.5, 0.6) is 0 Å². The quantitative estimate of drug-likeness (QED) is 0.785. The van der Waals surface area contributed by atoms with Gasteiger partial charge in [0.1, 0.15) is 5.82 Å². The SMILES string of the molecule is OC(Cc1ccccc1F)c1cccc2ccncc12. The molecule has 0 radical (unpaired) electrons. The summed E-state index contributed by atoms with van der Waals surface area (Å²) in [6, 6.07) is 14.1. The van der Waals surface area contributed by atoms with Gasteiger partial charge in [-0.25, -0.2) is 4.39 Å². The van der Waals surface area contributed by atoms with Crippen LogP contribution in [0.3, 0.4) is 0 Å². The van der Waals surface area contributed by atoms with E-state index in [1.54, 1.807) is 30.6 Å². The van der Waals surface area contributed by atoms with E-state index >= 15 is 0 Å². The molecule has 0 aliphatic heterocycles. The van der Waals surface area contributed by atoms with E-state index in [1.807, 2.05) is 24.3 Å². The van der Waals surface area contributed by atoms with Gasteiger partial charge in [-0.05, 0) is 28.6 Å². The lowest BCUT2D eigenvalue weighted by Gasteiger charge is -2.14. The van der Waals surface area contributed by atoms with Crippen LogP contribution in [0.4, 0.5) is 4.39 Å². The molecular weight excluding hydrogens is 253 g/mol. The number of hydrogen-bond donors (Lipinski definition) is 1. The Morgan fingerprint density at radius 1 is 1.05 bits per heavy atom. The number of fused-ring (bicyclic) bond motifs is 1. The Morgan fingerprint density at radius 2 is 1.90 bits per heavy atom. The number of hydrogen-bond acceptors (Lipinski definition) is 2. The molecular formula is C17H14FNO. The van der Waals surface area contributed by atoms with Gasteiger partial charge >= 0.3 is 0 Å². The monoisotopic (exact) mass is 267 g/mol. The highest BCUT2D eigenvalue weighted by molar-refractivity contribution is 5.85. The Kier molecular flexibility index (Phi) is 3.44. The number of halogens is 1. The molecule has 20 heavy (non-hydrogen) atoms. The van der Waals surface area contributed by atoms with E-state index in [1.165, 1.54) is 6.07 Å². The molecule has 1 unspecified atom stereocenters. The fraction of sp³-hybridized carbons (Fsp3) is 0.118. The summed E-state index contributed by atoms with van der Waals surface area (Å²) in [5, 5.41) is 12.3. The van der Waals surface area contributed by atoms with Crippen LogP contribution in [0.15, 0.2) is 60.9 Å². The Hall–Kier alpha value is -2.26. The molecule has 0 fully saturated rings. The van der Waals surface area contributed by atoms with Crippen molar-refractivity contribution in [2.45, 2.75) is 12.5 Å². The molecule has 0 bridgehead atoms. The number of rotatable bonds is 3. The molecule has 1 atom stereocenters. The third-order valence-corrected chi connectivity index (χ3v) is 3.45. The minimum atomic E-state index is -0.750. The predicted octanol–water partition coefficient (Wildman–Crippen LogP) is 3.65. The maximum Gasteiger partial charge on any atom is 0.126 e. The summed E-state index contributed by atoms with van der Waals surface area (Å²) < 4.78 is 13.7. The highest BCUT2D eigenvalue weighted by Crippen LogP contribution is 2.26. The van der Waals surface area contributed by atoms with Gasteiger partial charge in [0, 0.05) is 24.2 Å². The van der Waals surface area contributed by atoms with Crippen LogP contribution in [0.2, 0.25) is 0 Å². The lowest BCUT2D eigenvalue weighted by atomic mass is 9.97. The lowest BCUT2D eigenvalue weighted by Crippen LogP contribution is -2.04. The maximum atomic E-state index is 13.7. The zero-order valence-corrected chi connectivity index (χ0v) is 10.8. The summed E-state index contributed by atoms with van der Waals surface area (Å²) in [5.74, 6) is -0.287. The van der Waals surface area contributed by atoms with Gasteiger partial charge < -0.3 is 5.11 Å². The average molecular weight is 267 g/mol. The molecule has 3 heteroatoms. The molecule has 100 valence electrons. The molecule has 1 N–H and O–H groups in total. The van der Waals surface area contributed by atoms with Crippen LogP contribution in [-0.4, -0.2) is 10.1 Å². The lowest BCUT2D eigenvalue weighted by molar-refractivity contribution is 0.178. The number of aromatic nitrogens is 1. The second-order valence-electron chi connectivity index (χ2n) is 4.76. The summed E-state index contributed by atoms with van der Waals surface area (Å²) in [5.41, 5.74) is 1.29. The van der Waals surface area contributed by atoms with Gasteiger partial charge in [0.15, 0.2) is 0 Å². The van der Waals surface area contributed by atoms with Gasteiger partial charge in [-0.2, -0.15) is 0 Å². The number of aliphatic hydroxyl groups is 1. The first kappa shape index (κ1) is 12.8. The number of pyridine rings is 1. The summed E-state index contributed by atoms with van der Waals surface area (Å²) in [6.45, 7) is 0. The van der Waals surface area contributed by atoms with E-state index in [-0.39, 0.29) is 12.2 Å². The molecule has 2 aromatic carbocycles. The molecule has 0 saturated carbocycles. The Balaban J connectivity index is 1.97. The Labute approximate surface area is 116 Å². The van der Waals surface area contributed by atoms with Gasteiger partial charge in [0.25, 0.3) is 0 Å². The van der Waals surface area contributed by atoms with Gasteiger partial charge in [-0.3, -0.25) is 4.98 Å². The normalized spacial score (nSPS) is 12.5. The van der Waals surface area contributed by atoms with Crippen molar-refractivity contribution in [3.8, 4) is 0 Å². The fourth-order valence-corrected chi connectivity index (χ4v) is 2.41. The highest BCUT2D eigenvalue weighted by Gasteiger charge is 2.13. The zero-order valence-electron chi connectivity index (χ0n) is 10.8. The molecule has 0 aliphatic rings. The first-order valence-electron chi connectivity index (χ1n) is 6.50. The molecule has 3 rings (SSSR count). The minimum absolute atomic E-state index is 0.251. The van der Waals surface area contributed by atoms with Crippen LogP contribution >= 0.6 is 0 Å². The van der Waals surface area contributed by atoms with Gasteiger partial charge in [0.2, 0.25) is 0 Å². The summed E-state index contributed by atoms with van der Waals surface area (Å²) in [6.07, 6.45) is 2.95. The van der Waals surface area contributed by atoms with Crippen molar-refractivity contribution < 1.29 is 9.50 Å². The molecule has 0 aliphatic carbocycles. The third kappa shape index (κ3) is 2.40. The zero-order chi connectivity index (χ0) is 13.9. The average Bonchev–Trinajstić information content (AvgIpc) is 2.49. The van der Waals surface area contributed by atoms with Crippen LogP contribution < -0.4 is 0 Å².